The number of hydrogen-bond donors (Lipinski definition) is 4. The van der Waals surface area contributed by atoms with Crippen molar-refractivity contribution < 1.29 is 10.2 Å². The molecule has 0 atom stereocenters. The largest absolute Gasteiger partial charge is 0.487 e. The van der Waals surface area contributed by atoms with Crippen LogP contribution in [0, 0.1) is 5.41 Å². The first-order valence-electron chi connectivity index (χ1n) is 4.85. The Labute approximate surface area is 108 Å². The summed E-state index contributed by atoms with van der Waals surface area (Å²) in [5.41, 5.74) is 4.50. The van der Waals surface area contributed by atoms with E-state index in [9.17, 15) is 0 Å². The summed E-state index contributed by atoms with van der Waals surface area (Å²) in [5.74, 6) is 0. The first-order chi connectivity index (χ1) is 6.86. The topological polar surface area (TPSA) is 78.5 Å². The third-order valence-corrected chi connectivity index (χ3v) is 1.52. The second kappa shape index (κ2) is 6.85. The van der Waals surface area contributed by atoms with Crippen molar-refractivity contribution in [3.63, 3.8) is 0 Å². The fourth-order valence-corrected chi connectivity index (χ4v) is 1.94. The van der Waals surface area contributed by atoms with E-state index in [2.05, 4.69) is 56.3 Å². The van der Waals surface area contributed by atoms with E-state index in [0.29, 0.717) is 0 Å². The molecule has 0 aromatic heterocycles. The van der Waals surface area contributed by atoms with Crippen LogP contribution in [0.15, 0.2) is 0 Å². The van der Waals surface area contributed by atoms with Crippen LogP contribution in [0.1, 0.15) is 41.0 Å². The molecule has 0 unspecified atom stereocenters. The number of rotatable bonds is 2. The van der Waals surface area contributed by atoms with Gasteiger partial charge in [-0.1, -0.05) is 20.8 Å². The molecule has 6 heteroatoms. The van der Waals surface area contributed by atoms with Crippen molar-refractivity contribution in [3.8, 4) is 0 Å². The standard InChI is InChI=1S/C9H19NOS.CH3NOS/c1-8(2,3)6-9(4,5)10-7(11)12;2-1(3)4/h6H2,1-5H3,(H2,10,11,12);(H3,2,3,4). The van der Waals surface area contributed by atoms with Gasteiger partial charge in [-0.15, -0.1) is 0 Å². The van der Waals surface area contributed by atoms with Gasteiger partial charge in [0.1, 0.15) is 0 Å². The lowest BCUT2D eigenvalue weighted by Gasteiger charge is -2.32. The molecular weight excluding hydrogens is 244 g/mol. The van der Waals surface area contributed by atoms with Gasteiger partial charge in [-0.05, 0) is 50.1 Å². The van der Waals surface area contributed by atoms with Gasteiger partial charge in [-0.2, -0.15) is 0 Å². The molecule has 96 valence electrons. The molecule has 0 aliphatic carbocycles. The molecule has 5 N–H and O–H groups in total. The van der Waals surface area contributed by atoms with Crippen molar-refractivity contribution in [2.24, 2.45) is 11.1 Å². The van der Waals surface area contributed by atoms with Gasteiger partial charge < -0.3 is 21.3 Å². The van der Waals surface area contributed by atoms with Crippen LogP contribution in [0.5, 0.6) is 0 Å². The lowest BCUT2D eigenvalue weighted by molar-refractivity contribution is 0.259. The van der Waals surface area contributed by atoms with Crippen molar-refractivity contribution in [2.45, 2.75) is 46.6 Å². The highest BCUT2D eigenvalue weighted by atomic mass is 32.1. The molecule has 0 aromatic carbocycles. The minimum atomic E-state index is -0.500. The smallest absolute Gasteiger partial charge is 0.254 e. The van der Waals surface area contributed by atoms with Crippen LogP contribution in [0.25, 0.3) is 0 Å². The van der Waals surface area contributed by atoms with E-state index in [4.69, 9.17) is 10.2 Å². The Morgan fingerprint density at radius 1 is 1.12 bits per heavy atom. The maximum absolute atomic E-state index is 8.91. The van der Waals surface area contributed by atoms with E-state index >= 15 is 0 Å². The molecule has 0 bridgehead atoms. The summed E-state index contributed by atoms with van der Waals surface area (Å²) < 4.78 is 0. The van der Waals surface area contributed by atoms with E-state index in [0.717, 1.165) is 6.42 Å². The average Bonchev–Trinajstić information content (AvgIpc) is 1.72. The third kappa shape index (κ3) is 19.0. The zero-order valence-electron chi connectivity index (χ0n) is 10.5. The molecular formula is C10H22N2O2S2. The van der Waals surface area contributed by atoms with Gasteiger partial charge in [0.05, 0.1) is 0 Å². The number of aliphatic hydroxyl groups is 2. The second-order valence-electron chi connectivity index (χ2n) is 5.39. The van der Waals surface area contributed by atoms with Crippen molar-refractivity contribution >= 4 is 34.8 Å². The monoisotopic (exact) mass is 266 g/mol. The van der Waals surface area contributed by atoms with Crippen LogP contribution in [-0.2, 0) is 0 Å². The zero-order valence-corrected chi connectivity index (χ0v) is 12.1. The van der Waals surface area contributed by atoms with E-state index in [1.807, 2.05) is 13.8 Å². The van der Waals surface area contributed by atoms with Gasteiger partial charge >= 0.3 is 0 Å². The first-order valence-corrected chi connectivity index (χ1v) is 5.67. The molecule has 0 aliphatic rings. The SMILES string of the molecule is CC(C)(C)CC(C)(C)NC(O)=S.NC(O)=S. The third-order valence-electron chi connectivity index (χ3n) is 1.42. The Balaban J connectivity index is 0. The average molecular weight is 266 g/mol. The molecule has 0 aliphatic heterocycles. The maximum atomic E-state index is 8.91. The Morgan fingerprint density at radius 2 is 1.44 bits per heavy atom. The molecule has 0 aromatic rings. The fraction of sp³-hybridized carbons (Fsp3) is 0.800. The summed E-state index contributed by atoms with van der Waals surface area (Å²) in [6, 6.07) is 0. The Kier molecular flexibility index (Phi) is 7.61. The van der Waals surface area contributed by atoms with Crippen LogP contribution in [0.4, 0.5) is 0 Å². The van der Waals surface area contributed by atoms with E-state index < -0.39 is 5.17 Å². The molecule has 0 radical (unpaired) electrons. The van der Waals surface area contributed by atoms with Gasteiger partial charge in [-0.3, -0.25) is 0 Å². The van der Waals surface area contributed by atoms with Gasteiger partial charge in [0.15, 0.2) is 0 Å². The van der Waals surface area contributed by atoms with Gasteiger partial charge in [0.2, 0.25) is 0 Å². The molecule has 0 heterocycles. The summed E-state index contributed by atoms with van der Waals surface area (Å²) in [7, 11) is 0. The highest BCUT2D eigenvalue weighted by Gasteiger charge is 2.25. The second-order valence-corrected chi connectivity index (χ2v) is 6.19. The minimum absolute atomic E-state index is 0.121. The summed E-state index contributed by atoms with van der Waals surface area (Å²) in [6.45, 7) is 10.5. The number of nitrogens with two attached hydrogens (primary N) is 1. The van der Waals surface area contributed by atoms with Crippen LogP contribution < -0.4 is 11.1 Å². The molecule has 4 nitrogen and oxygen atoms in total. The Bertz CT molecular complexity index is 244. The minimum Gasteiger partial charge on any atom is -0.487 e. The lowest BCUT2D eigenvalue weighted by atomic mass is 9.82. The fourth-order valence-electron chi connectivity index (χ4n) is 1.66. The molecule has 0 rings (SSSR count). The Morgan fingerprint density at radius 3 is 1.62 bits per heavy atom. The predicted octanol–water partition coefficient (Wildman–Crippen LogP) is 2.42. The van der Waals surface area contributed by atoms with Crippen LogP contribution in [-0.4, -0.2) is 26.1 Å². The summed E-state index contributed by atoms with van der Waals surface area (Å²) in [4.78, 5) is 0. The van der Waals surface area contributed by atoms with Gasteiger partial charge in [0, 0.05) is 5.54 Å². The predicted molar refractivity (Wildman–Crippen MR) is 75.9 cm³/mol. The van der Waals surface area contributed by atoms with Crippen molar-refractivity contribution in [2.75, 3.05) is 0 Å². The quantitative estimate of drug-likeness (QED) is 0.575. The lowest BCUT2D eigenvalue weighted by Crippen LogP contribution is -2.44. The summed E-state index contributed by atoms with van der Waals surface area (Å²) >= 11 is 8.45. The van der Waals surface area contributed by atoms with Gasteiger partial charge in [-0.25, -0.2) is 0 Å². The highest BCUT2D eigenvalue weighted by Crippen LogP contribution is 2.26. The van der Waals surface area contributed by atoms with Crippen molar-refractivity contribution in [1.82, 2.24) is 5.32 Å². The Hall–Kier alpha value is -0.620. The van der Waals surface area contributed by atoms with Crippen molar-refractivity contribution in [1.29, 1.82) is 0 Å². The van der Waals surface area contributed by atoms with Crippen LogP contribution >= 0.6 is 24.4 Å². The normalized spacial score (nSPS) is 11.1. The number of nitrogens with one attached hydrogen (secondary N) is 1. The van der Waals surface area contributed by atoms with E-state index in [-0.39, 0.29) is 16.1 Å². The molecule has 0 saturated heterocycles. The number of hydrogen-bond acceptors (Lipinski definition) is 2. The number of aliphatic hydroxyl groups excluding tert-OH is 2. The van der Waals surface area contributed by atoms with Gasteiger partial charge in [0.25, 0.3) is 10.3 Å². The molecule has 16 heavy (non-hydrogen) atoms. The van der Waals surface area contributed by atoms with E-state index in [1.165, 1.54) is 0 Å². The maximum Gasteiger partial charge on any atom is 0.254 e. The zero-order chi connectivity index (χ0) is 13.6. The first kappa shape index (κ1) is 17.8. The van der Waals surface area contributed by atoms with Crippen LogP contribution in [0.2, 0.25) is 0 Å². The summed E-state index contributed by atoms with van der Waals surface area (Å²) in [6.07, 6.45) is 0.959. The molecule has 0 spiro atoms. The van der Waals surface area contributed by atoms with Crippen LogP contribution in [0.3, 0.4) is 0 Å². The molecule has 0 fully saturated rings. The molecule has 0 amide bonds. The number of thiocarbonyl (C=S) groups is 2. The van der Waals surface area contributed by atoms with E-state index in [1.54, 1.807) is 0 Å². The highest BCUT2D eigenvalue weighted by molar-refractivity contribution is 7.80. The molecule has 0 saturated carbocycles. The summed E-state index contributed by atoms with van der Waals surface area (Å²) in [5, 5.41) is 18.7. The van der Waals surface area contributed by atoms with Crippen molar-refractivity contribution in [3.05, 3.63) is 0 Å².